The monoisotopic (exact) mass is 419 g/mol. The minimum absolute atomic E-state index is 0.0244. The van der Waals surface area contributed by atoms with Crippen LogP contribution in [0.25, 0.3) is 0 Å². The molecule has 2 amide bonds. The maximum absolute atomic E-state index is 12.9. The molecule has 2 aromatic heterocycles. The van der Waals surface area contributed by atoms with Gasteiger partial charge in [-0.05, 0) is 31.9 Å². The summed E-state index contributed by atoms with van der Waals surface area (Å²) in [7, 11) is 0. The topological polar surface area (TPSA) is 89.4 Å². The number of fused-ring (bicyclic) bond motifs is 1. The summed E-state index contributed by atoms with van der Waals surface area (Å²) in [6, 6.07) is 2.66. The Hall–Kier alpha value is -3.04. The minimum atomic E-state index is -2.71. The molecule has 0 aromatic carbocycles. The first-order valence-electron chi connectivity index (χ1n) is 9.75. The smallest absolute Gasteiger partial charge is 0.415 e. The Morgan fingerprint density at radius 3 is 2.83 bits per heavy atom. The first-order valence-corrected chi connectivity index (χ1v) is 9.75. The van der Waals surface area contributed by atoms with Crippen LogP contribution in [0.1, 0.15) is 38.6 Å². The van der Waals surface area contributed by atoms with Gasteiger partial charge in [-0.15, -0.1) is 0 Å². The summed E-state index contributed by atoms with van der Waals surface area (Å²) in [5.74, 6) is -0.692. The van der Waals surface area contributed by atoms with E-state index in [0.29, 0.717) is 25.2 Å². The number of rotatable bonds is 4. The van der Waals surface area contributed by atoms with Crippen molar-refractivity contribution in [3.05, 3.63) is 35.9 Å². The Morgan fingerprint density at radius 1 is 1.40 bits per heavy atom. The van der Waals surface area contributed by atoms with E-state index in [2.05, 4.69) is 15.4 Å². The molecule has 2 aliphatic rings. The van der Waals surface area contributed by atoms with Gasteiger partial charge in [0, 0.05) is 30.8 Å². The maximum Gasteiger partial charge on any atom is 0.415 e. The number of cyclic esters (lactones) is 1. The van der Waals surface area contributed by atoms with Gasteiger partial charge in [0.2, 0.25) is 5.91 Å². The molecule has 0 aliphatic carbocycles. The Bertz CT molecular complexity index is 991. The Kier molecular flexibility index (Phi) is 4.95. The fourth-order valence-electron chi connectivity index (χ4n) is 3.99. The van der Waals surface area contributed by atoms with E-state index in [1.54, 1.807) is 11.1 Å². The van der Waals surface area contributed by atoms with Crippen molar-refractivity contribution in [2.24, 2.45) is 11.8 Å². The van der Waals surface area contributed by atoms with Crippen LogP contribution in [-0.4, -0.2) is 38.9 Å². The summed E-state index contributed by atoms with van der Waals surface area (Å²) in [5.41, 5.74) is 0.709. The van der Waals surface area contributed by atoms with E-state index in [0.717, 1.165) is 5.69 Å². The second-order valence-electron chi connectivity index (χ2n) is 8.42. The van der Waals surface area contributed by atoms with Crippen LogP contribution in [0.4, 0.5) is 25.0 Å². The number of anilines is 2. The van der Waals surface area contributed by atoms with Crippen molar-refractivity contribution in [2.75, 3.05) is 16.8 Å². The molecule has 160 valence electrons. The van der Waals surface area contributed by atoms with Crippen LogP contribution in [-0.2, 0) is 22.5 Å². The number of carbonyl (C=O) groups excluding carboxylic acids is 2. The van der Waals surface area contributed by atoms with Crippen molar-refractivity contribution in [3.63, 3.8) is 0 Å². The van der Waals surface area contributed by atoms with Crippen molar-refractivity contribution in [2.45, 2.75) is 45.8 Å². The Labute approximate surface area is 172 Å². The third-order valence-electron chi connectivity index (χ3n) is 5.51. The molecule has 2 atom stereocenters. The highest BCUT2D eigenvalue weighted by molar-refractivity contribution is 5.94. The average molecular weight is 419 g/mol. The molecular formula is C20H23F2N5O3. The summed E-state index contributed by atoms with van der Waals surface area (Å²) in [6.45, 7) is 6.52. The molecule has 1 fully saturated rings. The van der Waals surface area contributed by atoms with E-state index in [1.165, 1.54) is 18.3 Å². The summed E-state index contributed by atoms with van der Waals surface area (Å²) in [6.07, 6.45) is 0.0980. The predicted octanol–water partition coefficient (Wildman–Crippen LogP) is 3.40. The van der Waals surface area contributed by atoms with Crippen LogP contribution in [0.2, 0.25) is 0 Å². The molecule has 0 radical (unpaired) electrons. The zero-order chi connectivity index (χ0) is 21.6. The molecule has 30 heavy (non-hydrogen) atoms. The Balaban J connectivity index is 1.54. The first kappa shape index (κ1) is 20.2. The summed E-state index contributed by atoms with van der Waals surface area (Å²) in [5, 5.41) is 7.11. The van der Waals surface area contributed by atoms with Gasteiger partial charge in [0.1, 0.15) is 11.3 Å². The average Bonchev–Trinajstić information content (AvgIpc) is 3.19. The standard InChI is InChI=1S/C20H23F2N5O3/c1-11-9-27-15(16(8-24-27)26-10-20(2,3)30-19(26)29)7-13(11)18(28)25-12-4-5-23-14(6-12)17(21)22/h4-6,8,11,13,17H,7,9-10H2,1-3H3,(H,23,25,28)/t11-,13?/m1/s1. The molecule has 2 aromatic rings. The zero-order valence-corrected chi connectivity index (χ0v) is 16.9. The number of ether oxygens (including phenoxy) is 1. The third-order valence-corrected chi connectivity index (χ3v) is 5.51. The van der Waals surface area contributed by atoms with E-state index in [1.807, 2.05) is 25.5 Å². The number of pyridine rings is 1. The van der Waals surface area contributed by atoms with E-state index in [9.17, 15) is 18.4 Å². The van der Waals surface area contributed by atoms with E-state index in [-0.39, 0.29) is 23.2 Å². The third kappa shape index (κ3) is 3.73. The lowest BCUT2D eigenvalue weighted by Gasteiger charge is -2.30. The number of aromatic nitrogens is 3. The normalized spacial score (nSPS) is 22.7. The van der Waals surface area contributed by atoms with Crippen LogP contribution in [0.5, 0.6) is 0 Å². The van der Waals surface area contributed by atoms with E-state index >= 15 is 0 Å². The van der Waals surface area contributed by atoms with Crippen LogP contribution in [0.15, 0.2) is 24.5 Å². The van der Waals surface area contributed by atoms with Crippen LogP contribution >= 0.6 is 0 Å². The number of halogens is 2. The van der Waals surface area contributed by atoms with Crippen molar-refractivity contribution in [1.82, 2.24) is 14.8 Å². The molecule has 4 rings (SSSR count). The molecule has 1 saturated heterocycles. The highest BCUT2D eigenvalue weighted by Crippen LogP contribution is 2.35. The van der Waals surface area contributed by atoms with Crippen molar-refractivity contribution < 1.29 is 23.1 Å². The molecule has 4 heterocycles. The molecule has 0 spiro atoms. The number of amides is 2. The lowest BCUT2D eigenvalue weighted by atomic mass is 9.85. The highest BCUT2D eigenvalue weighted by Gasteiger charge is 2.42. The quantitative estimate of drug-likeness (QED) is 0.821. The predicted molar refractivity (Wildman–Crippen MR) is 104 cm³/mol. The van der Waals surface area contributed by atoms with Crippen molar-refractivity contribution in [3.8, 4) is 0 Å². The van der Waals surface area contributed by atoms with Crippen LogP contribution in [0.3, 0.4) is 0 Å². The first-order chi connectivity index (χ1) is 14.1. The highest BCUT2D eigenvalue weighted by atomic mass is 19.3. The fraction of sp³-hybridized carbons (Fsp3) is 0.500. The Morgan fingerprint density at radius 2 is 2.17 bits per heavy atom. The SMILES string of the molecule is C[C@@H]1Cn2ncc(N3CC(C)(C)OC3=O)c2CC1C(=O)Nc1ccnc(C(F)F)c1. The van der Waals surface area contributed by atoms with Gasteiger partial charge in [-0.1, -0.05) is 6.92 Å². The molecule has 0 saturated carbocycles. The molecule has 8 nitrogen and oxygen atoms in total. The fourth-order valence-corrected chi connectivity index (χ4v) is 3.99. The van der Waals surface area contributed by atoms with Gasteiger partial charge >= 0.3 is 6.09 Å². The molecule has 10 heteroatoms. The largest absolute Gasteiger partial charge is 0.441 e. The van der Waals surface area contributed by atoms with Crippen LogP contribution in [0, 0.1) is 11.8 Å². The number of nitrogens with zero attached hydrogens (tertiary/aromatic N) is 4. The molecular weight excluding hydrogens is 396 g/mol. The van der Waals surface area contributed by atoms with E-state index in [4.69, 9.17) is 4.74 Å². The van der Waals surface area contributed by atoms with Crippen LogP contribution < -0.4 is 10.2 Å². The summed E-state index contributed by atoms with van der Waals surface area (Å²) < 4.78 is 33.0. The van der Waals surface area contributed by atoms with Gasteiger partial charge in [0.15, 0.2) is 0 Å². The second kappa shape index (κ2) is 7.33. The number of hydrogen-bond acceptors (Lipinski definition) is 5. The number of alkyl halides is 2. The van der Waals surface area contributed by atoms with Gasteiger partial charge in [-0.3, -0.25) is 19.4 Å². The number of hydrogen-bond donors (Lipinski definition) is 1. The second-order valence-corrected chi connectivity index (χ2v) is 8.42. The minimum Gasteiger partial charge on any atom is -0.441 e. The molecule has 1 unspecified atom stereocenters. The number of carbonyl (C=O) groups is 2. The molecule has 0 bridgehead atoms. The van der Waals surface area contributed by atoms with Gasteiger partial charge in [0.05, 0.1) is 24.1 Å². The van der Waals surface area contributed by atoms with Gasteiger partial charge in [0.25, 0.3) is 6.43 Å². The van der Waals surface area contributed by atoms with Crippen molar-refractivity contribution in [1.29, 1.82) is 0 Å². The zero-order valence-electron chi connectivity index (χ0n) is 16.9. The number of nitrogens with one attached hydrogen (secondary N) is 1. The van der Waals surface area contributed by atoms with E-state index < -0.39 is 24.0 Å². The van der Waals surface area contributed by atoms with Crippen molar-refractivity contribution >= 4 is 23.4 Å². The lowest BCUT2D eigenvalue weighted by Crippen LogP contribution is -2.37. The van der Waals surface area contributed by atoms with Gasteiger partial charge in [-0.2, -0.15) is 5.10 Å². The summed E-state index contributed by atoms with van der Waals surface area (Å²) >= 11 is 0. The molecule has 2 aliphatic heterocycles. The van der Waals surface area contributed by atoms with Gasteiger partial charge in [-0.25, -0.2) is 13.6 Å². The van der Waals surface area contributed by atoms with Gasteiger partial charge < -0.3 is 10.1 Å². The maximum atomic E-state index is 12.9. The lowest BCUT2D eigenvalue weighted by molar-refractivity contribution is -0.121. The molecule has 1 N–H and O–H groups in total. The summed E-state index contributed by atoms with van der Waals surface area (Å²) in [4.78, 5) is 30.4.